The van der Waals surface area contributed by atoms with Crippen LogP contribution in [0.2, 0.25) is 0 Å². The van der Waals surface area contributed by atoms with Crippen LogP contribution in [0.15, 0.2) is 18.2 Å². The van der Waals surface area contributed by atoms with Crippen LogP contribution in [0, 0.1) is 13.8 Å². The average molecular weight is 203 g/mol. The second kappa shape index (κ2) is 4.36. The van der Waals surface area contributed by atoms with Crippen molar-refractivity contribution >= 4 is 0 Å². The molecule has 0 aliphatic carbocycles. The highest BCUT2D eigenvalue weighted by Crippen LogP contribution is 2.26. The maximum absolute atomic E-state index is 3.56. The molecule has 2 rings (SSSR count). The molecule has 1 aliphatic rings. The van der Waals surface area contributed by atoms with Crippen LogP contribution in [0.1, 0.15) is 42.4 Å². The molecule has 1 nitrogen and oxygen atoms in total. The van der Waals surface area contributed by atoms with Gasteiger partial charge in [0, 0.05) is 12.6 Å². The molecule has 0 spiro atoms. The lowest BCUT2D eigenvalue weighted by Gasteiger charge is -2.28. The van der Waals surface area contributed by atoms with E-state index in [0.717, 1.165) is 12.5 Å². The number of rotatable bonds is 1. The van der Waals surface area contributed by atoms with Gasteiger partial charge in [-0.1, -0.05) is 18.2 Å². The van der Waals surface area contributed by atoms with Gasteiger partial charge < -0.3 is 5.32 Å². The number of benzene rings is 1. The van der Waals surface area contributed by atoms with Crippen LogP contribution >= 0.6 is 0 Å². The molecule has 0 radical (unpaired) electrons. The predicted molar refractivity (Wildman–Crippen MR) is 65.4 cm³/mol. The van der Waals surface area contributed by atoms with Crippen molar-refractivity contribution in [2.45, 2.75) is 45.6 Å². The second-order valence-electron chi connectivity index (χ2n) is 4.93. The molecular weight excluding hydrogens is 182 g/mol. The average Bonchev–Trinajstić information content (AvgIpc) is 2.23. The van der Waals surface area contributed by atoms with E-state index in [1.54, 1.807) is 0 Å². The lowest BCUT2D eigenvalue weighted by Crippen LogP contribution is -2.35. The molecule has 1 aliphatic heterocycles. The molecule has 1 aromatic carbocycles. The normalized spacial score (nSPS) is 26.6. The second-order valence-corrected chi connectivity index (χ2v) is 4.93. The topological polar surface area (TPSA) is 12.0 Å². The van der Waals surface area contributed by atoms with Gasteiger partial charge in [0.15, 0.2) is 0 Å². The van der Waals surface area contributed by atoms with Crippen LogP contribution in [0.5, 0.6) is 0 Å². The minimum atomic E-state index is 0.702. The van der Waals surface area contributed by atoms with Gasteiger partial charge in [0.05, 0.1) is 0 Å². The molecule has 2 atom stereocenters. The lowest BCUT2D eigenvalue weighted by atomic mass is 9.88. The Kier molecular flexibility index (Phi) is 3.11. The van der Waals surface area contributed by atoms with Crippen LogP contribution in [-0.4, -0.2) is 12.6 Å². The van der Waals surface area contributed by atoms with Crippen molar-refractivity contribution in [2.75, 3.05) is 6.54 Å². The van der Waals surface area contributed by atoms with Gasteiger partial charge in [-0.15, -0.1) is 0 Å². The fraction of sp³-hybridized carbons (Fsp3) is 0.571. The fourth-order valence-electron chi connectivity index (χ4n) is 2.30. The molecule has 0 saturated carbocycles. The first-order chi connectivity index (χ1) is 7.16. The molecule has 1 N–H and O–H groups in total. The molecule has 1 heterocycles. The number of nitrogens with one attached hydrogen (secondary N) is 1. The summed E-state index contributed by atoms with van der Waals surface area (Å²) in [5.74, 6) is 0.723. The minimum Gasteiger partial charge on any atom is -0.314 e. The first kappa shape index (κ1) is 10.7. The highest BCUT2D eigenvalue weighted by Gasteiger charge is 2.18. The number of hydrogen-bond acceptors (Lipinski definition) is 1. The van der Waals surface area contributed by atoms with E-state index in [1.807, 2.05) is 0 Å². The SMILES string of the molecule is Cc1ccc([C@@H]2CC[C@@H](C)NC2)cc1C. The Labute approximate surface area is 92.9 Å². The highest BCUT2D eigenvalue weighted by molar-refractivity contribution is 5.32. The smallest absolute Gasteiger partial charge is 0.00391 e. The summed E-state index contributed by atoms with van der Waals surface area (Å²) < 4.78 is 0. The van der Waals surface area contributed by atoms with E-state index in [9.17, 15) is 0 Å². The Morgan fingerprint density at radius 2 is 1.93 bits per heavy atom. The summed E-state index contributed by atoms with van der Waals surface area (Å²) in [6.07, 6.45) is 2.63. The van der Waals surface area contributed by atoms with Crippen LogP contribution in [0.4, 0.5) is 0 Å². The Morgan fingerprint density at radius 1 is 1.13 bits per heavy atom. The molecular formula is C14H21N. The largest absolute Gasteiger partial charge is 0.314 e. The molecule has 0 bridgehead atoms. The minimum absolute atomic E-state index is 0.702. The zero-order valence-corrected chi connectivity index (χ0v) is 10.0. The highest BCUT2D eigenvalue weighted by atomic mass is 14.9. The van der Waals surface area contributed by atoms with Gasteiger partial charge in [-0.05, 0) is 56.2 Å². The maximum atomic E-state index is 3.56. The molecule has 0 aromatic heterocycles. The van der Waals surface area contributed by atoms with E-state index in [1.165, 1.54) is 29.5 Å². The van der Waals surface area contributed by atoms with Crippen LogP contribution in [-0.2, 0) is 0 Å². The number of piperidine rings is 1. The Morgan fingerprint density at radius 3 is 2.53 bits per heavy atom. The van der Waals surface area contributed by atoms with E-state index in [-0.39, 0.29) is 0 Å². The van der Waals surface area contributed by atoms with Crippen LogP contribution in [0.25, 0.3) is 0 Å². The molecule has 1 fully saturated rings. The monoisotopic (exact) mass is 203 g/mol. The van der Waals surface area contributed by atoms with E-state index in [4.69, 9.17) is 0 Å². The van der Waals surface area contributed by atoms with Gasteiger partial charge in [-0.2, -0.15) is 0 Å². The predicted octanol–water partition coefficient (Wildman–Crippen LogP) is 3.16. The Bertz CT molecular complexity index is 335. The first-order valence-electron chi connectivity index (χ1n) is 5.97. The first-order valence-corrected chi connectivity index (χ1v) is 5.97. The van der Waals surface area contributed by atoms with E-state index in [0.29, 0.717) is 6.04 Å². The third-order valence-corrected chi connectivity index (χ3v) is 3.66. The van der Waals surface area contributed by atoms with Gasteiger partial charge in [-0.25, -0.2) is 0 Å². The van der Waals surface area contributed by atoms with E-state index >= 15 is 0 Å². The quantitative estimate of drug-likeness (QED) is 0.739. The summed E-state index contributed by atoms with van der Waals surface area (Å²) >= 11 is 0. The van der Waals surface area contributed by atoms with E-state index in [2.05, 4.69) is 44.3 Å². The maximum Gasteiger partial charge on any atom is 0.00391 e. The van der Waals surface area contributed by atoms with Crippen molar-refractivity contribution in [1.82, 2.24) is 5.32 Å². The zero-order valence-electron chi connectivity index (χ0n) is 10.0. The van der Waals surface area contributed by atoms with Gasteiger partial charge in [0.1, 0.15) is 0 Å². The van der Waals surface area contributed by atoms with Gasteiger partial charge >= 0.3 is 0 Å². The summed E-state index contributed by atoms with van der Waals surface area (Å²) in [6.45, 7) is 7.80. The van der Waals surface area contributed by atoms with Crippen molar-refractivity contribution in [3.05, 3.63) is 34.9 Å². The molecule has 0 amide bonds. The zero-order chi connectivity index (χ0) is 10.8. The standard InChI is InChI=1S/C14H21N/c1-10-4-6-13(8-11(10)2)14-7-5-12(3)15-9-14/h4,6,8,12,14-15H,5,7,9H2,1-3H3/t12-,14-/m1/s1. The van der Waals surface area contributed by atoms with Gasteiger partial charge in [0.25, 0.3) is 0 Å². The molecule has 1 saturated heterocycles. The third-order valence-electron chi connectivity index (χ3n) is 3.66. The van der Waals surface area contributed by atoms with Crippen molar-refractivity contribution in [1.29, 1.82) is 0 Å². The summed E-state index contributed by atoms with van der Waals surface area (Å²) in [5, 5.41) is 3.56. The number of aryl methyl sites for hydroxylation is 2. The Balaban J connectivity index is 2.12. The van der Waals surface area contributed by atoms with Gasteiger partial charge in [0.2, 0.25) is 0 Å². The van der Waals surface area contributed by atoms with Crippen LogP contribution in [0.3, 0.4) is 0 Å². The molecule has 15 heavy (non-hydrogen) atoms. The van der Waals surface area contributed by atoms with Crippen molar-refractivity contribution in [3.8, 4) is 0 Å². The summed E-state index contributed by atoms with van der Waals surface area (Å²) in [4.78, 5) is 0. The molecule has 0 unspecified atom stereocenters. The summed E-state index contributed by atoms with van der Waals surface area (Å²) in [7, 11) is 0. The summed E-state index contributed by atoms with van der Waals surface area (Å²) in [6, 6.07) is 7.61. The fourth-order valence-corrected chi connectivity index (χ4v) is 2.30. The Hall–Kier alpha value is -0.820. The molecule has 1 heteroatoms. The van der Waals surface area contributed by atoms with E-state index < -0.39 is 0 Å². The van der Waals surface area contributed by atoms with Crippen molar-refractivity contribution in [3.63, 3.8) is 0 Å². The lowest BCUT2D eigenvalue weighted by molar-refractivity contribution is 0.385. The van der Waals surface area contributed by atoms with Crippen LogP contribution < -0.4 is 5.32 Å². The van der Waals surface area contributed by atoms with Crippen molar-refractivity contribution in [2.24, 2.45) is 0 Å². The van der Waals surface area contributed by atoms with Gasteiger partial charge in [-0.3, -0.25) is 0 Å². The molecule has 82 valence electrons. The number of hydrogen-bond donors (Lipinski definition) is 1. The van der Waals surface area contributed by atoms with Crippen molar-refractivity contribution < 1.29 is 0 Å². The summed E-state index contributed by atoms with van der Waals surface area (Å²) in [5.41, 5.74) is 4.33. The third kappa shape index (κ3) is 2.40. The molecule has 1 aromatic rings.